The summed E-state index contributed by atoms with van der Waals surface area (Å²) in [6, 6.07) is 2.42. The van der Waals surface area contributed by atoms with Crippen molar-refractivity contribution in [2.75, 3.05) is 0 Å². The van der Waals surface area contributed by atoms with Crippen LogP contribution in [0.1, 0.15) is 11.1 Å². The zero-order valence-electron chi connectivity index (χ0n) is 6.88. The molecule has 70 valence electrons. The number of aryl methyl sites for hydroxylation is 1. The maximum Gasteiger partial charge on any atom is 0.305 e. The number of hydrogen-bond acceptors (Lipinski definition) is 2. The lowest BCUT2D eigenvalue weighted by Gasteiger charge is -2.01. The number of hydrogen-bond donors (Lipinski definition) is 0. The smallest absolute Gasteiger partial charge is 0.258 e. The molecule has 5 heteroatoms. The van der Waals surface area contributed by atoms with Crippen molar-refractivity contribution in [3.63, 3.8) is 0 Å². The Labute approximate surface area is 82.8 Å². The van der Waals surface area contributed by atoms with Gasteiger partial charge >= 0.3 is 5.69 Å². The quantitative estimate of drug-likeness (QED) is 0.458. The third-order valence-corrected chi connectivity index (χ3v) is 2.35. The van der Waals surface area contributed by atoms with Crippen LogP contribution in [0, 0.1) is 22.9 Å². The van der Waals surface area contributed by atoms with Crippen LogP contribution in [0.15, 0.2) is 12.1 Å². The lowest BCUT2D eigenvalue weighted by molar-refractivity contribution is -0.387. The van der Waals surface area contributed by atoms with E-state index in [1.54, 1.807) is 6.92 Å². The minimum atomic E-state index is -0.787. The molecule has 0 heterocycles. The highest BCUT2D eigenvalue weighted by atomic mass is 79.9. The molecule has 1 aromatic rings. The van der Waals surface area contributed by atoms with Crippen LogP contribution in [0.2, 0.25) is 0 Å². The first-order valence-corrected chi connectivity index (χ1v) is 4.67. The highest BCUT2D eigenvalue weighted by Crippen LogP contribution is 2.23. The van der Waals surface area contributed by atoms with Gasteiger partial charge in [-0.05, 0) is 24.1 Å². The van der Waals surface area contributed by atoms with Crippen molar-refractivity contribution >= 4 is 21.6 Å². The summed E-state index contributed by atoms with van der Waals surface area (Å²) < 4.78 is 13.0. The van der Waals surface area contributed by atoms with E-state index < -0.39 is 16.4 Å². The summed E-state index contributed by atoms with van der Waals surface area (Å²) >= 11 is 3.17. The van der Waals surface area contributed by atoms with Gasteiger partial charge in [-0.1, -0.05) is 15.9 Å². The molecule has 1 rings (SSSR count). The van der Waals surface area contributed by atoms with E-state index >= 15 is 0 Å². The van der Waals surface area contributed by atoms with Gasteiger partial charge in [-0.3, -0.25) is 10.1 Å². The van der Waals surface area contributed by atoms with E-state index in [9.17, 15) is 14.5 Å². The monoisotopic (exact) mass is 247 g/mol. The Bertz CT molecular complexity index is 354. The first kappa shape index (κ1) is 10.1. The number of nitrogens with zero attached hydrogens (tertiary/aromatic N) is 1. The van der Waals surface area contributed by atoms with Crippen LogP contribution >= 0.6 is 15.9 Å². The van der Waals surface area contributed by atoms with E-state index in [-0.39, 0.29) is 0 Å². The molecular formula is C8H7BrFNO2. The number of rotatable bonds is 2. The molecule has 0 bridgehead atoms. The standard InChI is InChI=1S/C8H7BrFNO2/c1-5-2-8(11(12)13)7(10)3-6(5)4-9/h2-3H,4H2,1H3. The number of benzene rings is 1. The minimum Gasteiger partial charge on any atom is -0.258 e. The summed E-state index contributed by atoms with van der Waals surface area (Å²) in [7, 11) is 0. The van der Waals surface area contributed by atoms with Gasteiger partial charge in [-0.25, -0.2) is 0 Å². The second-order valence-electron chi connectivity index (χ2n) is 2.62. The minimum absolute atomic E-state index is 0.470. The first-order valence-electron chi connectivity index (χ1n) is 3.55. The summed E-state index contributed by atoms with van der Waals surface area (Å²) in [5, 5.41) is 10.8. The normalized spacial score (nSPS) is 10.1. The Balaban J connectivity index is 3.28. The number of nitro benzene ring substituents is 1. The van der Waals surface area contributed by atoms with Crippen molar-refractivity contribution in [1.29, 1.82) is 0 Å². The van der Waals surface area contributed by atoms with Crippen molar-refractivity contribution in [3.05, 3.63) is 39.2 Å². The highest BCUT2D eigenvalue weighted by molar-refractivity contribution is 9.08. The molecule has 0 aliphatic rings. The molecule has 0 radical (unpaired) electrons. The zero-order chi connectivity index (χ0) is 10.0. The molecule has 3 nitrogen and oxygen atoms in total. The van der Waals surface area contributed by atoms with Gasteiger partial charge in [-0.2, -0.15) is 4.39 Å². The van der Waals surface area contributed by atoms with Crippen molar-refractivity contribution in [3.8, 4) is 0 Å². The third-order valence-electron chi connectivity index (χ3n) is 1.75. The van der Waals surface area contributed by atoms with Crippen LogP contribution in [0.3, 0.4) is 0 Å². The lowest BCUT2D eigenvalue weighted by Crippen LogP contribution is -1.95. The molecular weight excluding hydrogens is 241 g/mol. The maximum absolute atomic E-state index is 13.0. The van der Waals surface area contributed by atoms with Gasteiger partial charge in [0, 0.05) is 11.4 Å². The van der Waals surface area contributed by atoms with E-state index in [1.807, 2.05) is 0 Å². The number of halogens is 2. The van der Waals surface area contributed by atoms with Crippen molar-refractivity contribution < 1.29 is 9.31 Å². The number of nitro groups is 1. The first-order chi connectivity index (χ1) is 6.06. The molecule has 0 saturated carbocycles. The van der Waals surface area contributed by atoms with Gasteiger partial charge in [-0.15, -0.1) is 0 Å². The van der Waals surface area contributed by atoms with Crippen LogP contribution in [0.4, 0.5) is 10.1 Å². The predicted octanol–water partition coefficient (Wildman–Crippen LogP) is 2.94. The Morgan fingerprint density at radius 2 is 2.23 bits per heavy atom. The Kier molecular flexibility index (Phi) is 2.98. The van der Waals surface area contributed by atoms with Crippen LogP contribution in [-0.4, -0.2) is 4.92 Å². The fourth-order valence-corrected chi connectivity index (χ4v) is 1.60. The third kappa shape index (κ3) is 2.03. The average molecular weight is 248 g/mol. The molecule has 0 N–H and O–H groups in total. The lowest BCUT2D eigenvalue weighted by atomic mass is 10.1. The fourth-order valence-electron chi connectivity index (χ4n) is 0.991. The summed E-state index contributed by atoms with van der Waals surface area (Å²) in [6.45, 7) is 1.71. The maximum atomic E-state index is 13.0. The second kappa shape index (κ2) is 3.83. The largest absolute Gasteiger partial charge is 0.305 e. The predicted molar refractivity (Wildman–Crippen MR) is 50.4 cm³/mol. The number of alkyl halides is 1. The molecule has 0 spiro atoms. The molecule has 0 atom stereocenters. The fraction of sp³-hybridized carbons (Fsp3) is 0.250. The molecule has 0 aromatic heterocycles. The van der Waals surface area contributed by atoms with Crippen molar-refractivity contribution in [1.82, 2.24) is 0 Å². The average Bonchev–Trinajstić information content (AvgIpc) is 2.07. The van der Waals surface area contributed by atoms with E-state index in [1.165, 1.54) is 12.1 Å². The van der Waals surface area contributed by atoms with E-state index in [2.05, 4.69) is 15.9 Å². The van der Waals surface area contributed by atoms with Crippen LogP contribution in [-0.2, 0) is 5.33 Å². The molecule has 0 unspecified atom stereocenters. The van der Waals surface area contributed by atoms with Gasteiger partial charge in [0.1, 0.15) is 0 Å². The second-order valence-corrected chi connectivity index (χ2v) is 3.18. The van der Waals surface area contributed by atoms with E-state index in [4.69, 9.17) is 0 Å². The molecule has 0 aliphatic carbocycles. The molecule has 1 aromatic carbocycles. The summed E-state index contributed by atoms with van der Waals surface area (Å²) in [4.78, 5) is 9.61. The molecule has 0 aliphatic heterocycles. The summed E-state index contributed by atoms with van der Waals surface area (Å²) in [5.41, 5.74) is 0.968. The van der Waals surface area contributed by atoms with E-state index in [0.29, 0.717) is 10.9 Å². The van der Waals surface area contributed by atoms with Gasteiger partial charge in [0.25, 0.3) is 0 Å². The molecule has 0 fully saturated rings. The molecule has 0 amide bonds. The van der Waals surface area contributed by atoms with Crippen molar-refractivity contribution in [2.45, 2.75) is 12.3 Å². The van der Waals surface area contributed by atoms with Gasteiger partial charge < -0.3 is 0 Å². The van der Waals surface area contributed by atoms with Crippen molar-refractivity contribution in [2.24, 2.45) is 0 Å². The Morgan fingerprint density at radius 1 is 1.62 bits per heavy atom. The molecule has 0 saturated heterocycles. The highest BCUT2D eigenvalue weighted by Gasteiger charge is 2.15. The van der Waals surface area contributed by atoms with Gasteiger partial charge in [0.05, 0.1) is 4.92 Å². The topological polar surface area (TPSA) is 43.1 Å². The van der Waals surface area contributed by atoms with Gasteiger partial charge in [0.15, 0.2) is 0 Å². The van der Waals surface area contributed by atoms with Gasteiger partial charge in [0.2, 0.25) is 5.82 Å². The SMILES string of the molecule is Cc1cc([N+](=O)[O-])c(F)cc1CBr. The van der Waals surface area contributed by atoms with Crippen LogP contribution in [0.25, 0.3) is 0 Å². The Hall–Kier alpha value is -0.970. The zero-order valence-corrected chi connectivity index (χ0v) is 8.47. The van der Waals surface area contributed by atoms with E-state index in [0.717, 1.165) is 5.56 Å². The summed E-state index contributed by atoms with van der Waals surface area (Å²) in [5.74, 6) is -0.787. The van der Waals surface area contributed by atoms with Crippen LogP contribution < -0.4 is 0 Å². The molecule has 13 heavy (non-hydrogen) atoms. The summed E-state index contributed by atoms with van der Waals surface area (Å²) in [6.07, 6.45) is 0. The van der Waals surface area contributed by atoms with Crippen LogP contribution in [0.5, 0.6) is 0 Å². The Morgan fingerprint density at radius 3 is 2.69 bits per heavy atom.